The van der Waals surface area contributed by atoms with Crippen LogP contribution in [0.1, 0.15) is 15.9 Å². The van der Waals surface area contributed by atoms with Gasteiger partial charge in [0, 0.05) is 57.9 Å². The average molecular weight is 466 g/mol. The maximum atomic E-state index is 13.8. The van der Waals surface area contributed by atoms with Crippen molar-refractivity contribution in [1.82, 2.24) is 25.3 Å². The molecule has 0 radical (unpaired) electrons. The number of rotatable bonds is 4. The van der Waals surface area contributed by atoms with Crippen LogP contribution in [0.5, 0.6) is 11.6 Å². The number of anilines is 1. The Hall–Kier alpha value is -3.12. The van der Waals surface area contributed by atoms with E-state index in [0.29, 0.717) is 44.8 Å². The Morgan fingerprint density at radius 3 is 2.45 bits per heavy atom. The van der Waals surface area contributed by atoms with E-state index in [4.69, 9.17) is 4.74 Å². The number of alkyl halides is 3. The zero-order valence-corrected chi connectivity index (χ0v) is 18.1. The van der Waals surface area contributed by atoms with Crippen LogP contribution in [0, 0.1) is 0 Å². The van der Waals surface area contributed by atoms with Crippen molar-refractivity contribution in [1.29, 1.82) is 0 Å². The topological polar surface area (TPSA) is 93.8 Å². The van der Waals surface area contributed by atoms with Crippen LogP contribution < -0.4 is 20.5 Å². The molecule has 9 nitrogen and oxygen atoms in total. The van der Waals surface area contributed by atoms with Crippen molar-refractivity contribution >= 4 is 11.6 Å². The zero-order valence-electron chi connectivity index (χ0n) is 18.1. The molecule has 0 aliphatic carbocycles. The highest BCUT2D eigenvalue weighted by Crippen LogP contribution is 2.40. The summed E-state index contributed by atoms with van der Waals surface area (Å²) in [5.41, 5.74) is -2.70. The molecule has 1 amide bonds. The fraction of sp³-hybridized carbons (Fsp3) is 0.476. The number of piperazine rings is 2. The average Bonchev–Trinajstić information content (AvgIpc) is 2.80. The van der Waals surface area contributed by atoms with Gasteiger partial charge in [0.05, 0.1) is 0 Å². The summed E-state index contributed by atoms with van der Waals surface area (Å²) in [4.78, 5) is 30.1. The van der Waals surface area contributed by atoms with Crippen molar-refractivity contribution in [3.8, 4) is 11.6 Å². The van der Waals surface area contributed by atoms with Crippen molar-refractivity contribution in [2.24, 2.45) is 0 Å². The summed E-state index contributed by atoms with van der Waals surface area (Å²) < 4.78 is 47.3. The SMILES string of the molecule is CN1CCN(c2c(Oc3cccc(C(=O)N4CCNCC4)c3)n[nH]c(=O)c2C(F)(F)F)CC1. The first-order valence-electron chi connectivity index (χ1n) is 10.7. The van der Waals surface area contributed by atoms with E-state index in [1.165, 1.54) is 17.0 Å². The summed E-state index contributed by atoms with van der Waals surface area (Å²) in [6.07, 6.45) is -4.90. The molecule has 4 rings (SSSR count). The number of aromatic nitrogens is 2. The lowest BCUT2D eigenvalue weighted by Crippen LogP contribution is -2.46. The lowest BCUT2D eigenvalue weighted by Gasteiger charge is -2.35. The number of hydrogen-bond acceptors (Lipinski definition) is 7. The van der Waals surface area contributed by atoms with E-state index in [2.05, 4.69) is 10.4 Å². The number of H-pyrrole nitrogens is 1. The minimum absolute atomic E-state index is 0.152. The Morgan fingerprint density at radius 2 is 1.79 bits per heavy atom. The van der Waals surface area contributed by atoms with Gasteiger partial charge in [-0.1, -0.05) is 6.07 Å². The van der Waals surface area contributed by atoms with Gasteiger partial charge < -0.3 is 24.8 Å². The molecule has 0 spiro atoms. The molecule has 33 heavy (non-hydrogen) atoms. The number of ether oxygens (including phenoxy) is 1. The highest BCUT2D eigenvalue weighted by molar-refractivity contribution is 5.94. The molecule has 2 aliphatic heterocycles. The van der Waals surface area contributed by atoms with Crippen molar-refractivity contribution < 1.29 is 22.7 Å². The minimum Gasteiger partial charge on any atom is -0.436 e. The monoisotopic (exact) mass is 466 g/mol. The molecule has 2 N–H and O–H groups in total. The Labute approximate surface area is 188 Å². The molecule has 178 valence electrons. The number of carbonyl (C=O) groups is 1. The number of likely N-dealkylation sites (N-methyl/N-ethyl adjacent to an activating group) is 1. The summed E-state index contributed by atoms with van der Waals surface area (Å²) in [5, 5.41) is 8.86. The van der Waals surface area contributed by atoms with Crippen LogP contribution in [-0.2, 0) is 6.18 Å². The molecule has 2 aromatic rings. The van der Waals surface area contributed by atoms with Gasteiger partial charge in [0.15, 0.2) is 5.56 Å². The van der Waals surface area contributed by atoms with Crippen LogP contribution in [0.2, 0.25) is 0 Å². The van der Waals surface area contributed by atoms with Gasteiger partial charge in [0.1, 0.15) is 11.4 Å². The van der Waals surface area contributed by atoms with Gasteiger partial charge in [-0.25, -0.2) is 5.10 Å². The van der Waals surface area contributed by atoms with Crippen molar-refractivity contribution in [3.05, 3.63) is 45.7 Å². The number of nitrogens with zero attached hydrogens (tertiary/aromatic N) is 4. The Kier molecular flexibility index (Phi) is 6.56. The third-order valence-corrected chi connectivity index (χ3v) is 5.73. The lowest BCUT2D eigenvalue weighted by molar-refractivity contribution is -0.138. The maximum absolute atomic E-state index is 13.8. The summed E-state index contributed by atoms with van der Waals surface area (Å²) in [6, 6.07) is 6.22. The lowest BCUT2D eigenvalue weighted by atomic mass is 10.1. The maximum Gasteiger partial charge on any atom is 0.423 e. The highest BCUT2D eigenvalue weighted by Gasteiger charge is 2.41. The molecule has 0 unspecified atom stereocenters. The second-order valence-electron chi connectivity index (χ2n) is 8.04. The molecule has 0 saturated carbocycles. The van der Waals surface area contributed by atoms with E-state index in [9.17, 15) is 22.8 Å². The molecule has 1 aromatic carbocycles. The number of amides is 1. The Balaban J connectivity index is 1.68. The van der Waals surface area contributed by atoms with Gasteiger partial charge in [-0.3, -0.25) is 9.59 Å². The summed E-state index contributed by atoms with van der Waals surface area (Å²) >= 11 is 0. The smallest absolute Gasteiger partial charge is 0.423 e. The van der Waals surface area contributed by atoms with Crippen LogP contribution in [0.25, 0.3) is 0 Å². The molecule has 0 bridgehead atoms. The minimum atomic E-state index is -4.90. The van der Waals surface area contributed by atoms with Crippen LogP contribution in [-0.4, -0.2) is 85.3 Å². The second-order valence-corrected chi connectivity index (χ2v) is 8.04. The predicted molar refractivity (Wildman–Crippen MR) is 115 cm³/mol. The molecule has 2 saturated heterocycles. The molecule has 2 aliphatic rings. The van der Waals surface area contributed by atoms with E-state index >= 15 is 0 Å². The molecular weight excluding hydrogens is 441 g/mol. The first-order valence-corrected chi connectivity index (χ1v) is 10.7. The number of carbonyl (C=O) groups excluding carboxylic acids is 1. The van der Waals surface area contributed by atoms with Crippen LogP contribution >= 0.6 is 0 Å². The largest absolute Gasteiger partial charge is 0.436 e. The first-order chi connectivity index (χ1) is 15.7. The van der Waals surface area contributed by atoms with Crippen molar-refractivity contribution in [3.63, 3.8) is 0 Å². The second kappa shape index (κ2) is 9.40. The number of hydrogen-bond donors (Lipinski definition) is 2. The number of nitrogens with one attached hydrogen (secondary N) is 2. The van der Waals surface area contributed by atoms with Crippen molar-refractivity contribution in [2.45, 2.75) is 6.18 Å². The molecule has 3 heterocycles. The van der Waals surface area contributed by atoms with Gasteiger partial charge in [-0.15, -0.1) is 5.10 Å². The van der Waals surface area contributed by atoms with E-state index in [1.807, 2.05) is 17.0 Å². The quantitative estimate of drug-likeness (QED) is 0.703. The summed E-state index contributed by atoms with van der Waals surface area (Å²) in [6.45, 7) is 4.12. The summed E-state index contributed by atoms with van der Waals surface area (Å²) in [5.74, 6) is -0.399. The standard InChI is InChI=1S/C21H25F3N6O3/c1-28-9-11-29(12-10-28)17-16(21(22,23)24)18(31)26-27-19(17)33-15-4-2-3-14(13-15)20(32)30-7-5-25-6-8-30/h2-4,13,25H,5-12H2,1H3,(H,26,31). The normalized spacial score (nSPS) is 17.8. The van der Waals surface area contributed by atoms with E-state index in [1.54, 1.807) is 17.0 Å². The van der Waals surface area contributed by atoms with Gasteiger partial charge in [-0.05, 0) is 25.2 Å². The Bertz CT molecular complexity index is 1060. The molecule has 0 atom stereocenters. The number of halogens is 3. The third kappa shape index (κ3) is 5.11. The number of benzene rings is 1. The molecule has 2 fully saturated rings. The van der Waals surface area contributed by atoms with E-state index in [-0.39, 0.29) is 30.6 Å². The molecule has 12 heteroatoms. The third-order valence-electron chi connectivity index (χ3n) is 5.73. The van der Waals surface area contributed by atoms with Gasteiger partial charge in [0.25, 0.3) is 17.3 Å². The van der Waals surface area contributed by atoms with Crippen LogP contribution in [0.3, 0.4) is 0 Å². The first kappa shape index (κ1) is 23.1. The van der Waals surface area contributed by atoms with Crippen molar-refractivity contribution in [2.75, 3.05) is 64.3 Å². The van der Waals surface area contributed by atoms with Crippen LogP contribution in [0.15, 0.2) is 29.1 Å². The van der Waals surface area contributed by atoms with Gasteiger partial charge >= 0.3 is 6.18 Å². The van der Waals surface area contributed by atoms with Gasteiger partial charge in [0.2, 0.25) is 0 Å². The van der Waals surface area contributed by atoms with Crippen LogP contribution in [0.4, 0.5) is 18.9 Å². The van der Waals surface area contributed by atoms with Gasteiger partial charge in [-0.2, -0.15) is 13.2 Å². The fourth-order valence-corrected chi connectivity index (χ4v) is 3.94. The fourth-order valence-electron chi connectivity index (χ4n) is 3.94. The zero-order chi connectivity index (χ0) is 23.6. The number of aromatic amines is 1. The highest BCUT2D eigenvalue weighted by atomic mass is 19.4. The molecule has 1 aromatic heterocycles. The Morgan fingerprint density at radius 1 is 1.09 bits per heavy atom. The van der Waals surface area contributed by atoms with E-state index in [0.717, 1.165) is 0 Å². The molecular formula is C21H25F3N6O3. The van der Waals surface area contributed by atoms with E-state index < -0.39 is 23.0 Å². The predicted octanol–water partition coefficient (Wildman–Crippen LogP) is 1.38. The summed E-state index contributed by atoms with van der Waals surface area (Å²) in [7, 11) is 1.87.